The van der Waals surface area contributed by atoms with E-state index in [0.29, 0.717) is 0 Å². The van der Waals surface area contributed by atoms with Gasteiger partial charge in [-0.1, -0.05) is 25.3 Å². The zero-order chi connectivity index (χ0) is 13.8. The molecule has 2 fully saturated rings. The van der Waals surface area contributed by atoms with E-state index in [1.54, 1.807) is 11.0 Å². The van der Waals surface area contributed by atoms with Gasteiger partial charge in [0.2, 0.25) is 5.91 Å². The minimum absolute atomic E-state index is 0.0215. The van der Waals surface area contributed by atoms with Gasteiger partial charge in [0.1, 0.15) is 6.04 Å². The van der Waals surface area contributed by atoms with Gasteiger partial charge in [-0.05, 0) is 31.6 Å². The van der Waals surface area contributed by atoms with Crippen molar-refractivity contribution in [1.29, 1.82) is 5.26 Å². The molecular formula is C15H23N3O. The van der Waals surface area contributed by atoms with E-state index in [1.165, 1.54) is 6.42 Å². The summed E-state index contributed by atoms with van der Waals surface area (Å²) < 4.78 is 0. The van der Waals surface area contributed by atoms with Crippen molar-refractivity contribution in [3.05, 3.63) is 12.7 Å². The average molecular weight is 261 g/mol. The molecule has 0 aromatic heterocycles. The number of nitrogens with two attached hydrogens (primary N) is 1. The van der Waals surface area contributed by atoms with E-state index in [4.69, 9.17) is 5.73 Å². The predicted molar refractivity (Wildman–Crippen MR) is 74.0 cm³/mol. The second-order valence-electron chi connectivity index (χ2n) is 5.69. The fourth-order valence-electron chi connectivity index (χ4n) is 3.38. The van der Waals surface area contributed by atoms with Crippen molar-refractivity contribution in [2.75, 3.05) is 0 Å². The monoisotopic (exact) mass is 261 g/mol. The van der Waals surface area contributed by atoms with E-state index in [1.807, 2.05) is 0 Å². The van der Waals surface area contributed by atoms with E-state index < -0.39 is 6.04 Å². The Bertz CT molecular complexity index is 381. The first-order valence-corrected chi connectivity index (χ1v) is 7.29. The second kappa shape index (κ2) is 6.21. The molecule has 4 heteroatoms. The number of carbonyl (C=O) groups is 1. The molecule has 2 rings (SSSR count). The third kappa shape index (κ3) is 2.82. The largest absolute Gasteiger partial charge is 0.320 e. The molecule has 3 atom stereocenters. The molecule has 1 amide bonds. The molecule has 1 saturated carbocycles. The first-order chi connectivity index (χ1) is 9.19. The van der Waals surface area contributed by atoms with E-state index >= 15 is 0 Å². The normalized spacial score (nSPS) is 29.8. The highest BCUT2D eigenvalue weighted by atomic mass is 16.2. The third-order valence-electron chi connectivity index (χ3n) is 4.55. The Labute approximate surface area is 115 Å². The Kier molecular flexibility index (Phi) is 4.60. The van der Waals surface area contributed by atoms with Crippen LogP contribution in [0, 0.1) is 17.2 Å². The summed E-state index contributed by atoms with van der Waals surface area (Å²) in [6.45, 7) is 3.77. The number of hydrogen-bond donors (Lipinski definition) is 1. The molecule has 0 bridgehead atoms. The molecule has 0 radical (unpaired) electrons. The lowest BCUT2D eigenvalue weighted by Crippen LogP contribution is -2.51. The molecular weight excluding hydrogens is 238 g/mol. The van der Waals surface area contributed by atoms with Crippen molar-refractivity contribution in [3.8, 4) is 6.07 Å². The molecule has 2 aliphatic rings. The number of rotatable bonds is 3. The van der Waals surface area contributed by atoms with Crippen molar-refractivity contribution >= 4 is 5.91 Å². The van der Waals surface area contributed by atoms with Crippen LogP contribution in [0.2, 0.25) is 0 Å². The van der Waals surface area contributed by atoms with Gasteiger partial charge in [-0.2, -0.15) is 5.26 Å². The zero-order valence-electron chi connectivity index (χ0n) is 11.4. The van der Waals surface area contributed by atoms with Crippen LogP contribution in [0.15, 0.2) is 12.7 Å². The van der Waals surface area contributed by atoms with Crippen molar-refractivity contribution < 1.29 is 4.79 Å². The van der Waals surface area contributed by atoms with Crippen LogP contribution in [0.3, 0.4) is 0 Å². The van der Waals surface area contributed by atoms with Gasteiger partial charge in [-0.3, -0.25) is 4.79 Å². The highest BCUT2D eigenvalue weighted by Gasteiger charge is 2.39. The van der Waals surface area contributed by atoms with Crippen molar-refractivity contribution in [3.63, 3.8) is 0 Å². The third-order valence-corrected chi connectivity index (χ3v) is 4.55. The van der Waals surface area contributed by atoms with Gasteiger partial charge in [0.05, 0.1) is 18.2 Å². The van der Waals surface area contributed by atoms with Gasteiger partial charge in [-0.25, -0.2) is 0 Å². The molecule has 19 heavy (non-hydrogen) atoms. The first kappa shape index (κ1) is 14.1. The molecule has 104 valence electrons. The lowest BCUT2D eigenvalue weighted by molar-refractivity contribution is -0.135. The molecule has 1 aliphatic heterocycles. The standard InChI is InChI=1S/C15H23N3O/c1-2-12-8-9-13(10-16)18(12)15(19)14(17)11-6-4-3-5-7-11/h2,11-14H,1,3-9,17H2/t12?,13?,14-/m1/s1. The molecule has 1 aliphatic carbocycles. The number of hydrogen-bond acceptors (Lipinski definition) is 3. The van der Waals surface area contributed by atoms with Gasteiger partial charge < -0.3 is 10.6 Å². The number of nitrogens with zero attached hydrogens (tertiary/aromatic N) is 2. The Morgan fingerprint density at radius 3 is 2.58 bits per heavy atom. The van der Waals surface area contributed by atoms with Crippen LogP contribution in [0.5, 0.6) is 0 Å². The fourth-order valence-corrected chi connectivity index (χ4v) is 3.38. The summed E-state index contributed by atoms with van der Waals surface area (Å²) in [6.07, 6.45) is 8.98. The lowest BCUT2D eigenvalue weighted by Gasteiger charge is -2.33. The maximum atomic E-state index is 12.6. The summed E-state index contributed by atoms with van der Waals surface area (Å²) >= 11 is 0. The summed E-state index contributed by atoms with van der Waals surface area (Å²) in [5, 5.41) is 9.17. The molecule has 1 saturated heterocycles. The predicted octanol–water partition coefficient (Wildman–Crippen LogP) is 1.96. The molecule has 0 aromatic carbocycles. The number of carbonyl (C=O) groups excluding carboxylic acids is 1. The van der Waals surface area contributed by atoms with Crippen LogP contribution in [0.4, 0.5) is 0 Å². The molecule has 4 nitrogen and oxygen atoms in total. The van der Waals surface area contributed by atoms with Crippen LogP contribution in [0.1, 0.15) is 44.9 Å². The second-order valence-corrected chi connectivity index (χ2v) is 5.69. The van der Waals surface area contributed by atoms with E-state index in [-0.39, 0.29) is 23.9 Å². The van der Waals surface area contributed by atoms with Crippen LogP contribution < -0.4 is 5.73 Å². The summed E-state index contributed by atoms with van der Waals surface area (Å²) in [4.78, 5) is 14.3. The Morgan fingerprint density at radius 1 is 1.32 bits per heavy atom. The smallest absolute Gasteiger partial charge is 0.241 e. The molecule has 1 heterocycles. The van der Waals surface area contributed by atoms with Gasteiger partial charge in [-0.15, -0.1) is 6.58 Å². The minimum atomic E-state index is -0.448. The summed E-state index contributed by atoms with van der Waals surface area (Å²) in [5.74, 6) is 0.229. The van der Waals surface area contributed by atoms with Gasteiger partial charge in [0.15, 0.2) is 0 Å². The summed E-state index contributed by atoms with van der Waals surface area (Å²) in [5.41, 5.74) is 6.17. The highest BCUT2D eigenvalue weighted by Crippen LogP contribution is 2.30. The number of likely N-dealkylation sites (tertiary alicyclic amines) is 1. The number of amides is 1. The summed E-state index contributed by atoms with van der Waals surface area (Å²) in [6, 6.07) is 1.42. The van der Waals surface area contributed by atoms with Crippen LogP contribution in [-0.2, 0) is 4.79 Å². The maximum Gasteiger partial charge on any atom is 0.241 e. The van der Waals surface area contributed by atoms with Crippen LogP contribution >= 0.6 is 0 Å². The Hall–Kier alpha value is -1.34. The number of nitriles is 1. The topological polar surface area (TPSA) is 70.1 Å². The van der Waals surface area contributed by atoms with E-state index in [0.717, 1.165) is 38.5 Å². The van der Waals surface area contributed by atoms with Crippen molar-refractivity contribution in [2.45, 2.75) is 63.1 Å². The van der Waals surface area contributed by atoms with E-state index in [2.05, 4.69) is 12.6 Å². The average Bonchev–Trinajstić information content (AvgIpc) is 2.89. The molecule has 2 N–H and O–H groups in total. The Balaban J connectivity index is 2.07. The quantitative estimate of drug-likeness (QED) is 0.789. The molecule has 0 spiro atoms. The van der Waals surface area contributed by atoms with Crippen LogP contribution in [-0.4, -0.2) is 28.9 Å². The van der Waals surface area contributed by atoms with Gasteiger partial charge >= 0.3 is 0 Å². The molecule has 2 unspecified atom stereocenters. The van der Waals surface area contributed by atoms with E-state index in [9.17, 15) is 10.1 Å². The highest BCUT2D eigenvalue weighted by molar-refractivity contribution is 5.83. The lowest BCUT2D eigenvalue weighted by atomic mass is 9.83. The van der Waals surface area contributed by atoms with Crippen molar-refractivity contribution in [2.24, 2.45) is 11.7 Å². The maximum absolute atomic E-state index is 12.6. The minimum Gasteiger partial charge on any atom is -0.320 e. The Morgan fingerprint density at radius 2 is 2.00 bits per heavy atom. The zero-order valence-corrected chi connectivity index (χ0v) is 11.4. The van der Waals surface area contributed by atoms with Crippen LogP contribution in [0.25, 0.3) is 0 Å². The fraction of sp³-hybridized carbons (Fsp3) is 0.733. The van der Waals surface area contributed by atoms with Gasteiger partial charge in [0.25, 0.3) is 0 Å². The molecule has 0 aromatic rings. The SMILES string of the molecule is C=CC1CCC(C#N)N1C(=O)[C@H](N)C1CCCCC1. The summed E-state index contributed by atoms with van der Waals surface area (Å²) in [7, 11) is 0. The first-order valence-electron chi connectivity index (χ1n) is 7.29. The van der Waals surface area contributed by atoms with Gasteiger partial charge in [0, 0.05) is 0 Å². The van der Waals surface area contributed by atoms with Crippen molar-refractivity contribution in [1.82, 2.24) is 4.90 Å².